The number of aromatic nitrogens is 1. The number of piperazine rings is 1. The molecule has 44 heavy (non-hydrogen) atoms. The maximum Gasteiger partial charge on any atom is 0.410 e. The molecular formula is C36H50N4O3S. The molecule has 7 nitrogen and oxygen atoms in total. The Morgan fingerprint density at radius 3 is 2.18 bits per heavy atom. The lowest BCUT2D eigenvalue weighted by molar-refractivity contribution is -0.143. The molecule has 1 N–H and O–H groups in total. The number of aromatic amines is 1. The van der Waals surface area contributed by atoms with Crippen molar-refractivity contribution in [1.29, 1.82) is 0 Å². The number of ether oxygens (including phenoxy) is 1. The highest BCUT2D eigenvalue weighted by Gasteiger charge is 2.43. The van der Waals surface area contributed by atoms with Crippen LogP contribution in [0.4, 0.5) is 4.79 Å². The van der Waals surface area contributed by atoms with E-state index < -0.39 is 11.0 Å². The second kappa shape index (κ2) is 11.8. The predicted octanol–water partition coefficient (Wildman–Crippen LogP) is 7.29. The van der Waals surface area contributed by atoms with Gasteiger partial charge in [-0.3, -0.25) is 9.69 Å². The lowest BCUT2D eigenvalue weighted by Crippen LogP contribution is -2.55. The van der Waals surface area contributed by atoms with Crippen molar-refractivity contribution in [2.24, 2.45) is 5.92 Å². The summed E-state index contributed by atoms with van der Waals surface area (Å²) in [7, 11) is 0. The van der Waals surface area contributed by atoms with Crippen molar-refractivity contribution in [2.75, 3.05) is 39.3 Å². The minimum absolute atomic E-state index is 0.220. The van der Waals surface area contributed by atoms with Crippen LogP contribution >= 0.6 is 11.3 Å². The summed E-state index contributed by atoms with van der Waals surface area (Å²) in [5.41, 5.74) is 5.20. The maximum absolute atomic E-state index is 14.0. The fourth-order valence-electron chi connectivity index (χ4n) is 7.49. The molecule has 3 saturated heterocycles. The number of H-pyrrole nitrogens is 1. The number of carbonyl (C=O) groups excluding carboxylic acids is 2. The van der Waals surface area contributed by atoms with E-state index in [1.54, 1.807) is 11.3 Å². The van der Waals surface area contributed by atoms with Gasteiger partial charge in [0, 0.05) is 55.6 Å². The van der Waals surface area contributed by atoms with Gasteiger partial charge in [0.15, 0.2) is 0 Å². The number of amides is 2. The number of aryl methyl sites for hydroxylation is 2. The smallest absolute Gasteiger partial charge is 0.410 e. The quantitative estimate of drug-likeness (QED) is 0.315. The van der Waals surface area contributed by atoms with Crippen LogP contribution in [0, 0.1) is 19.8 Å². The molecule has 0 radical (unpaired) electrons. The van der Waals surface area contributed by atoms with Crippen molar-refractivity contribution in [3.63, 3.8) is 0 Å². The number of benzene rings is 1. The van der Waals surface area contributed by atoms with Crippen molar-refractivity contribution in [3.05, 3.63) is 45.8 Å². The zero-order valence-electron chi connectivity index (χ0n) is 27.7. The summed E-state index contributed by atoms with van der Waals surface area (Å²) < 4.78 is 5.60. The van der Waals surface area contributed by atoms with Crippen LogP contribution < -0.4 is 0 Å². The van der Waals surface area contributed by atoms with Crippen molar-refractivity contribution in [2.45, 2.75) is 97.6 Å². The second-order valence-corrected chi connectivity index (χ2v) is 16.1. The maximum atomic E-state index is 14.0. The standard InChI is InChI=1S/C36H50N4O3S/c1-23-18-24(2)20-26(19-23)31-28(12-13-38-14-16-39(17-15-38)34(42)43-35(3,4)5)29-21-30(44-32(29)37-31)36(6,7)33(41)40-22-25-8-10-27(40)11-9-25/h18-21,25,27,37H,8-17,22H2,1-7H3. The first-order chi connectivity index (χ1) is 20.8. The van der Waals surface area contributed by atoms with Gasteiger partial charge in [0.25, 0.3) is 0 Å². The third kappa shape index (κ3) is 6.30. The second-order valence-electron chi connectivity index (χ2n) is 15.0. The SMILES string of the molecule is Cc1cc(C)cc(-c2[nH]c3sc(C(C)(C)C(=O)N4CC5CCC4CC5)cc3c2CCN2CCN(C(=O)OC(C)(C)C)CC2)c1. The topological polar surface area (TPSA) is 68.9 Å². The van der Waals surface area contributed by atoms with E-state index in [9.17, 15) is 9.59 Å². The Balaban J connectivity index is 1.24. The number of piperidine rings is 2. The van der Waals surface area contributed by atoms with Gasteiger partial charge in [0.2, 0.25) is 5.91 Å². The number of carbonyl (C=O) groups is 2. The summed E-state index contributed by atoms with van der Waals surface area (Å²) in [5.74, 6) is 0.963. The van der Waals surface area contributed by atoms with Crippen molar-refractivity contribution < 1.29 is 14.3 Å². The lowest BCUT2D eigenvalue weighted by Gasteiger charge is -2.47. The fourth-order valence-corrected chi connectivity index (χ4v) is 8.68. The number of nitrogens with one attached hydrogen (secondary N) is 1. The number of hydrogen-bond donors (Lipinski definition) is 1. The molecule has 0 atom stereocenters. The highest BCUT2D eigenvalue weighted by molar-refractivity contribution is 7.19. The Labute approximate surface area is 266 Å². The van der Waals surface area contributed by atoms with E-state index in [0.29, 0.717) is 25.0 Å². The molecule has 1 saturated carbocycles. The van der Waals surface area contributed by atoms with Gasteiger partial charge in [-0.15, -0.1) is 11.3 Å². The molecule has 2 amide bonds. The van der Waals surface area contributed by atoms with Gasteiger partial charge >= 0.3 is 6.09 Å². The van der Waals surface area contributed by atoms with Crippen LogP contribution in [-0.2, 0) is 21.4 Å². The third-order valence-electron chi connectivity index (χ3n) is 9.93. The highest BCUT2D eigenvalue weighted by Crippen LogP contribution is 2.43. The van der Waals surface area contributed by atoms with E-state index >= 15 is 0 Å². The summed E-state index contributed by atoms with van der Waals surface area (Å²) in [6.45, 7) is 19.2. The van der Waals surface area contributed by atoms with Gasteiger partial charge in [0.05, 0.1) is 11.1 Å². The Kier molecular flexibility index (Phi) is 8.37. The van der Waals surface area contributed by atoms with E-state index in [-0.39, 0.29) is 12.0 Å². The van der Waals surface area contributed by atoms with Crippen molar-refractivity contribution >= 4 is 33.6 Å². The van der Waals surface area contributed by atoms with Crippen LogP contribution in [0.5, 0.6) is 0 Å². The Hall–Kier alpha value is -2.84. The number of hydrogen-bond acceptors (Lipinski definition) is 5. The summed E-state index contributed by atoms with van der Waals surface area (Å²) in [6, 6.07) is 9.48. The predicted molar refractivity (Wildman–Crippen MR) is 180 cm³/mol. The lowest BCUT2D eigenvalue weighted by atomic mass is 9.78. The van der Waals surface area contributed by atoms with Crippen LogP contribution in [0.15, 0.2) is 24.3 Å². The summed E-state index contributed by atoms with van der Waals surface area (Å²) in [6.07, 6.45) is 5.55. The summed E-state index contributed by atoms with van der Waals surface area (Å²) in [5, 5.41) is 1.24. The van der Waals surface area contributed by atoms with E-state index in [2.05, 4.69) is 66.7 Å². The minimum Gasteiger partial charge on any atom is -0.444 e. The van der Waals surface area contributed by atoms with Gasteiger partial charge in [-0.25, -0.2) is 4.79 Å². The molecule has 0 unspecified atom stereocenters. The zero-order valence-corrected chi connectivity index (χ0v) is 28.5. The Morgan fingerprint density at radius 1 is 0.932 bits per heavy atom. The summed E-state index contributed by atoms with van der Waals surface area (Å²) in [4.78, 5) is 39.2. The highest BCUT2D eigenvalue weighted by atomic mass is 32.1. The van der Waals surface area contributed by atoms with E-state index in [4.69, 9.17) is 4.74 Å². The molecule has 1 aromatic carbocycles. The summed E-state index contributed by atoms with van der Waals surface area (Å²) >= 11 is 1.75. The normalized spacial score (nSPS) is 21.3. The molecule has 3 aromatic rings. The van der Waals surface area contributed by atoms with Gasteiger partial charge in [-0.05, 0) is 116 Å². The monoisotopic (exact) mass is 618 g/mol. The van der Waals surface area contributed by atoms with Gasteiger partial charge in [-0.1, -0.05) is 17.2 Å². The fraction of sp³-hybridized carbons (Fsp3) is 0.611. The molecular weight excluding hydrogens is 568 g/mol. The molecule has 4 fully saturated rings. The van der Waals surface area contributed by atoms with Gasteiger partial charge in [-0.2, -0.15) is 0 Å². The number of nitrogens with zero attached hydrogens (tertiary/aromatic N) is 3. The Morgan fingerprint density at radius 2 is 1.59 bits per heavy atom. The van der Waals surface area contributed by atoms with E-state index in [0.717, 1.165) is 55.1 Å². The van der Waals surface area contributed by atoms with E-state index in [1.165, 1.54) is 46.2 Å². The molecule has 238 valence electrons. The molecule has 2 aromatic heterocycles. The van der Waals surface area contributed by atoms with Crippen LogP contribution in [0.25, 0.3) is 21.5 Å². The molecule has 2 bridgehead atoms. The number of thiophene rings is 1. The van der Waals surface area contributed by atoms with Gasteiger partial charge < -0.3 is 19.5 Å². The first-order valence-corrected chi connectivity index (χ1v) is 17.3. The number of rotatable bonds is 6. The number of fused-ring (bicyclic) bond motifs is 4. The van der Waals surface area contributed by atoms with E-state index in [1.807, 2.05) is 25.7 Å². The molecule has 1 aliphatic carbocycles. The van der Waals surface area contributed by atoms with Crippen LogP contribution in [0.2, 0.25) is 0 Å². The van der Waals surface area contributed by atoms with Crippen LogP contribution in [-0.4, -0.2) is 82.6 Å². The van der Waals surface area contributed by atoms with Crippen LogP contribution in [0.3, 0.4) is 0 Å². The van der Waals surface area contributed by atoms with Crippen molar-refractivity contribution in [1.82, 2.24) is 19.7 Å². The molecule has 4 aliphatic rings. The molecule has 5 heterocycles. The molecule has 8 heteroatoms. The largest absolute Gasteiger partial charge is 0.444 e. The zero-order chi connectivity index (χ0) is 31.4. The average Bonchev–Trinajstić information content (AvgIpc) is 3.54. The molecule has 3 aliphatic heterocycles. The van der Waals surface area contributed by atoms with Gasteiger partial charge in [0.1, 0.15) is 10.4 Å². The molecule has 7 rings (SSSR count). The van der Waals surface area contributed by atoms with Crippen LogP contribution in [0.1, 0.15) is 81.9 Å². The molecule has 0 spiro atoms. The first kappa shape index (κ1) is 31.2. The average molecular weight is 619 g/mol. The Bertz CT molecular complexity index is 1510. The minimum atomic E-state index is -0.558. The van der Waals surface area contributed by atoms with Crippen molar-refractivity contribution in [3.8, 4) is 11.3 Å². The first-order valence-electron chi connectivity index (χ1n) is 16.5. The third-order valence-corrected chi connectivity index (χ3v) is 11.3.